The summed E-state index contributed by atoms with van der Waals surface area (Å²) >= 11 is 0. The standard InChI is InChI=1S/C19H30N4/c1-2-5-17(6-3-1)14-22-11-4-7-19(15-22)8-12-23(16-19)18-13-20-9-10-21-18/h9-10,13,17H,1-8,11-12,14-16H2/t19-/m0/s1. The van der Waals surface area contributed by atoms with Crippen molar-refractivity contribution in [1.82, 2.24) is 14.9 Å². The van der Waals surface area contributed by atoms with Crippen molar-refractivity contribution < 1.29 is 0 Å². The van der Waals surface area contributed by atoms with Gasteiger partial charge in [-0.05, 0) is 44.6 Å². The van der Waals surface area contributed by atoms with Gasteiger partial charge in [0.05, 0.1) is 6.20 Å². The SMILES string of the molecule is c1cnc(N2CC[C@]3(CCCN(CC4CCCCC4)C3)C2)cn1. The minimum Gasteiger partial charge on any atom is -0.355 e. The first-order valence-electron chi connectivity index (χ1n) is 9.56. The molecule has 0 amide bonds. The van der Waals surface area contributed by atoms with E-state index in [-0.39, 0.29) is 0 Å². The van der Waals surface area contributed by atoms with Gasteiger partial charge >= 0.3 is 0 Å². The number of anilines is 1. The molecule has 1 saturated carbocycles. The summed E-state index contributed by atoms with van der Waals surface area (Å²) in [5, 5.41) is 0. The van der Waals surface area contributed by atoms with Gasteiger partial charge < -0.3 is 9.80 Å². The fourth-order valence-electron chi connectivity index (χ4n) is 5.12. The molecule has 2 saturated heterocycles. The molecule has 0 N–H and O–H groups in total. The van der Waals surface area contributed by atoms with Gasteiger partial charge in [0, 0.05) is 44.0 Å². The van der Waals surface area contributed by atoms with E-state index in [0.717, 1.165) is 18.3 Å². The van der Waals surface area contributed by atoms with Gasteiger partial charge in [0.1, 0.15) is 5.82 Å². The molecule has 4 nitrogen and oxygen atoms in total. The third-order valence-electron chi connectivity index (χ3n) is 6.29. The van der Waals surface area contributed by atoms with E-state index in [1.165, 1.54) is 77.5 Å². The number of piperidine rings is 1. The molecule has 0 radical (unpaired) electrons. The van der Waals surface area contributed by atoms with Crippen LogP contribution in [0.15, 0.2) is 18.6 Å². The lowest BCUT2D eigenvalue weighted by molar-refractivity contribution is 0.0838. The Labute approximate surface area is 140 Å². The third kappa shape index (κ3) is 3.52. The predicted octanol–water partition coefficient (Wildman–Crippen LogP) is 3.35. The highest BCUT2D eigenvalue weighted by atomic mass is 15.2. The lowest BCUT2D eigenvalue weighted by Gasteiger charge is -2.42. The second-order valence-electron chi connectivity index (χ2n) is 8.08. The summed E-state index contributed by atoms with van der Waals surface area (Å²) in [5.74, 6) is 2.03. The van der Waals surface area contributed by atoms with Gasteiger partial charge in [-0.25, -0.2) is 4.98 Å². The minimum absolute atomic E-state index is 0.504. The molecule has 0 bridgehead atoms. The van der Waals surface area contributed by atoms with Crippen molar-refractivity contribution >= 4 is 5.82 Å². The van der Waals surface area contributed by atoms with E-state index in [1.54, 1.807) is 6.20 Å². The van der Waals surface area contributed by atoms with Crippen molar-refractivity contribution in [2.75, 3.05) is 37.6 Å². The maximum Gasteiger partial charge on any atom is 0.147 e. The highest BCUT2D eigenvalue weighted by Gasteiger charge is 2.42. The Morgan fingerprint density at radius 1 is 1.00 bits per heavy atom. The van der Waals surface area contributed by atoms with Crippen molar-refractivity contribution in [3.05, 3.63) is 18.6 Å². The lowest BCUT2D eigenvalue weighted by Crippen LogP contribution is -2.46. The van der Waals surface area contributed by atoms with Crippen LogP contribution in [0.25, 0.3) is 0 Å². The monoisotopic (exact) mass is 314 g/mol. The number of hydrogen-bond acceptors (Lipinski definition) is 4. The molecule has 3 fully saturated rings. The van der Waals surface area contributed by atoms with Crippen LogP contribution in [0, 0.1) is 11.3 Å². The van der Waals surface area contributed by atoms with Gasteiger partial charge in [0.2, 0.25) is 0 Å². The van der Waals surface area contributed by atoms with E-state index < -0.39 is 0 Å². The van der Waals surface area contributed by atoms with E-state index in [1.807, 2.05) is 12.4 Å². The highest BCUT2D eigenvalue weighted by Crippen LogP contribution is 2.40. The second-order valence-corrected chi connectivity index (χ2v) is 8.08. The zero-order chi connectivity index (χ0) is 15.5. The Hall–Kier alpha value is -1.16. The molecular weight excluding hydrogens is 284 g/mol. The summed E-state index contributed by atoms with van der Waals surface area (Å²) in [6, 6.07) is 0. The van der Waals surface area contributed by atoms with Crippen LogP contribution >= 0.6 is 0 Å². The summed E-state index contributed by atoms with van der Waals surface area (Å²) in [6.45, 7) is 6.30. The molecule has 1 aliphatic carbocycles. The fraction of sp³-hybridized carbons (Fsp3) is 0.789. The van der Waals surface area contributed by atoms with Crippen LogP contribution in [0.2, 0.25) is 0 Å². The van der Waals surface area contributed by atoms with E-state index in [9.17, 15) is 0 Å². The average Bonchev–Trinajstić information content (AvgIpc) is 3.00. The lowest BCUT2D eigenvalue weighted by atomic mass is 9.78. The van der Waals surface area contributed by atoms with Crippen LogP contribution in [0.4, 0.5) is 5.82 Å². The molecule has 4 rings (SSSR count). The predicted molar refractivity (Wildman–Crippen MR) is 93.5 cm³/mol. The van der Waals surface area contributed by atoms with Crippen molar-refractivity contribution in [2.24, 2.45) is 11.3 Å². The number of rotatable bonds is 3. The Bertz CT molecular complexity index is 499. The molecule has 0 unspecified atom stereocenters. The topological polar surface area (TPSA) is 32.3 Å². The smallest absolute Gasteiger partial charge is 0.147 e. The van der Waals surface area contributed by atoms with Crippen LogP contribution in [-0.2, 0) is 0 Å². The van der Waals surface area contributed by atoms with Gasteiger partial charge in [-0.1, -0.05) is 19.3 Å². The quantitative estimate of drug-likeness (QED) is 0.856. The van der Waals surface area contributed by atoms with Crippen LogP contribution < -0.4 is 4.90 Å². The van der Waals surface area contributed by atoms with E-state index in [4.69, 9.17) is 0 Å². The summed E-state index contributed by atoms with van der Waals surface area (Å²) in [5.41, 5.74) is 0.504. The molecule has 3 heterocycles. The molecule has 0 aromatic carbocycles. The number of nitrogens with zero attached hydrogens (tertiary/aromatic N) is 4. The molecule has 1 aromatic rings. The fourth-order valence-corrected chi connectivity index (χ4v) is 5.12. The maximum absolute atomic E-state index is 4.50. The van der Waals surface area contributed by atoms with Crippen molar-refractivity contribution in [3.63, 3.8) is 0 Å². The summed E-state index contributed by atoms with van der Waals surface area (Å²) in [7, 11) is 0. The normalized spacial score (nSPS) is 30.2. The molecule has 23 heavy (non-hydrogen) atoms. The molecule has 3 aliphatic rings. The summed E-state index contributed by atoms with van der Waals surface area (Å²) < 4.78 is 0. The number of hydrogen-bond donors (Lipinski definition) is 0. The first-order chi connectivity index (χ1) is 11.3. The highest BCUT2D eigenvalue weighted by molar-refractivity contribution is 5.37. The van der Waals surface area contributed by atoms with Gasteiger partial charge in [0.15, 0.2) is 0 Å². The molecule has 1 spiro atoms. The van der Waals surface area contributed by atoms with Gasteiger partial charge in [-0.3, -0.25) is 4.98 Å². The Morgan fingerprint density at radius 3 is 2.74 bits per heavy atom. The molecule has 4 heteroatoms. The largest absolute Gasteiger partial charge is 0.355 e. The summed E-state index contributed by atoms with van der Waals surface area (Å²) in [6.07, 6.45) is 16.9. The second kappa shape index (κ2) is 6.76. The summed E-state index contributed by atoms with van der Waals surface area (Å²) in [4.78, 5) is 14.0. The van der Waals surface area contributed by atoms with Crippen LogP contribution in [0.1, 0.15) is 51.4 Å². The van der Waals surface area contributed by atoms with Crippen LogP contribution in [-0.4, -0.2) is 47.6 Å². The average molecular weight is 314 g/mol. The van der Waals surface area contributed by atoms with Gasteiger partial charge in [-0.15, -0.1) is 0 Å². The molecule has 1 aromatic heterocycles. The number of aromatic nitrogens is 2. The zero-order valence-corrected chi connectivity index (χ0v) is 14.3. The van der Waals surface area contributed by atoms with Crippen molar-refractivity contribution in [3.8, 4) is 0 Å². The van der Waals surface area contributed by atoms with Gasteiger partial charge in [-0.2, -0.15) is 0 Å². The third-order valence-corrected chi connectivity index (χ3v) is 6.29. The maximum atomic E-state index is 4.50. The van der Waals surface area contributed by atoms with Crippen molar-refractivity contribution in [2.45, 2.75) is 51.4 Å². The Kier molecular flexibility index (Phi) is 4.52. The molecule has 126 valence electrons. The minimum atomic E-state index is 0.504. The first-order valence-corrected chi connectivity index (χ1v) is 9.56. The Morgan fingerprint density at radius 2 is 1.91 bits per heavy atom. The van der Waals surface area contributed by atoms with Crippen LogP contribution in [0.5, 0.6) is 0 Å². The number of likely N-dealkylation sites (tertiary alicyclic amines) is 1. The van der Waals surface area contributed by atoms with E-state index in [0.29, 0.717) is 5.41 Å². The van der Waals surface area contributed by atoms with Crippen molar-refractivity contribution in [1.29, 1.82) is 0 Å². The Balaban J connectivity index is 1.37. The van der Waals surface area contributed by atoms with Gasteiger partial charge in [0.25, 0.3) is 0 Å². The zero-order valence-electron chi connectivity index (χ0n) is 14.3. The van der Waals surface area contributed by atoms with E-state index in [2.05, 4.69) is 19.8 Å². The first kappa shape index (κ1) is 15.4. The molecular formula is C19H30N4. The molecule has 1 atom stereocenters. The van der Waals surface area contributed by atoms with E-state index >= 15 is 0 Å². The van der Waals surface area contributed by atoms with Crippen LogP contribution in [0.3, 0.4) is 0 Å². The molecule has 2 aliphatic heterocycles.